The largest absolute Gasteiger partial charge is 0.481 e. The second-order valence-corrected chi connectivity index (χ2v) is 9.73. The van der Waals surface area contributed by atoms with E-state index in [9.17, 15) is 23.1 Å². The number of carboxylic acids is 1. The zero-order chi connectivity index (χ0) is 25.2. The summed E-state index contributed by atoms with van der Waals surface area (Å²) >= 11 is 7.25. The van der Waals surface area contributed by atoms with Gasteiger partial charge in [0, 0.05) is 35.6 Å². The van der Waals surface area contributed by atoms with E-state index in [1.165, 1.54) is 18.2 Å². The maximum Gasteiger partial charge on any atom is 0.418 e. The van der Waals surface area contributed by atoms with Gasteiger partial charge in [0.2, 0.25) is 0 Å². The minimum atomic E-state index is -4.60. The number of halogens is 4. The number of carboxylic acid groups (broad SMARTS) is 1. The number of nitrogens with one attached hydrogen (secondary N) is 1. The topological polar surface area (TPSA) is 78.4 Å². The summed E-state index contributed by atoms with van der Waals surface area (Å²) in [6, 6.07) is 13.8. The summed E-state index contributed by atoms with van der Waals surface area (Å²) in [4.78, 5) is 22.4. The van der Waals surface area contributed by atoms with E-state index in [2.05, 4.69) is 14.7 Å². The highest BCUT2D eigenvalue weighted by atomic mass is 35.5. The van der Waals surface area contributed by atoms with E-state index < -0.39 is 23.1 Å². The number of aromatic nitrogens is 2. The molecule has 6 nitrogen and oxygen atoms in total. The summed E-state index contributed by atoms with van der Waals surface area (Å²) in [5, 5.41) is 10.3. The molecule has 0 amide bonds. The van der Waals surface area contributed by atoms with Crippen molar-refractivity contribution in [2.24, 2.45) is 5.41 Å². The van der Waals surface area contributed by atoms with Crippen LogP contribution in [0.4, 0.5) is 24.8 Å². The van der Waals surface area contributed by atoms with Gasteiger partial charge in [-0.1, -0.05) is 35.9 Å². The number of carbonyl (C=O) groups is 1. The zero-order valence-electron chi connectivity index (χ0n) is 18.6. The van der Waals surface area contributed by atoms with Crippen LogP contribution in [0, 0.1) is 5.41 Å². The molecule has 1 aromatic carbocycles. The quantitative estimate of drug-likeness (QED) is 0.352. The predicted octanol–water partition coefficient (Wildman–Crippen LogP) is 6.63. The van der Waals surface area contributed by atoms with E-state index in [0.29, 0.717) is 30.4 Å². The van der Waals surface area contributed by atoms with Crippen molar-refractivity contribution in [1.29, 1.82) is 0 Å². The van der Waals surface area contributed by atoms with E-state index in [-0.39, 0.29) is 22.1 Å². The van der Waals surface area contributed by atoms with Crippen molar-refractivity contribution in [2.75, 3.05) is 22.7 Å². The van der Waals surface area contributed by atoms with E-state index in [1.54, 1.807) is 31.2 Å². The fraction of sp³-hybridized carbons (Fsp3) is 0.292. The van der Waals surface area contributed by atoms with Gasteiger partial charge in [-0.25, -0.2) is 9.97 Å². The van der Waals surface area contributed by atoms with Gasteiger partial charge in [0.25, 0.3) is 0 Å². The summed E-state index contributed by atoms with van der Waals surface area (Å²) in [6.07, 6.45) is -3.26. The van der Waals surface area contributed by atoms with Gasteiger partial charge >= 0.3 is 12.1 Å². The summed E-state index contributed by atoms with van der Waals surface area (Å²) in [7, 11) is 0. The van der Waals surface area contributed by atoms with E-state index >= 15 is 0 Å². The fourth-order valence-corrected chi connectivity index (χ4v) is 4.79. The number of benzene rings is 1. The molecular formula is C24H22ClF3N4O2S. The van der Waals surface area contributed by atoms with Crippen LogP contribution in [0.1, 0.15) is 25.3 Å². The second-order valence-electron chi connectivity index (χ2n) is 8.50. The van der Waals surface area contributed by atoms with Crippen LogP contribution >= 0.6 is 23.5 Å². The lowest BCUT2D eigenvalue weighted by atomic mass is 9.82. The van der Waals surface area contributed by atoms with Crippen LogP contribution in [0.5, 0.6) is 0 Å². The Kier molecular flexibility index (Phi) is 7.14. The van der Waals surface area contributed by atoms with Gasteiger partial charge in [-0.3, -0.25) is 4.79 Å². The average molecular weight is 523 g/mol. The molecular weight excluding hydrogens is 501 g/mol. The molecule has 2 N–H and O–H groups in total. The first-order chi connectivity index (χ1) is 16.6. The Morgan fingerprint density at radius 2 is 1.91 bits per heavy atom. The number of rotatable bonds is 6. The molecule has 1 fully saturated rings. The molecule has 0 spiro atoms. The first kappa shape index (κ1) is 25.1. The Morgan fingerprint density at radius 1 is 1.14 bits per heavy atom. The number of alkyl halides is 3. The van der Waals surface area contributed by atoms with Crippen molar-refractivity contribution in [3.63, 3.8) is 0 Å². The van der Waals surface area contributed by atoms with Gasteiger partial charge in [0.15, 0.2) is 0 Å². The van der Waals surface area contributed by atoms with Crippen LogP contribution in [0.15, 0.2) is 59.6 Å². The lowest BCUT2D eigenvalue weighted by Gasteiger charge is -2.38. The van der Waals surface area contributed by atoms with Crippen molar-refractivity contribution in [1.82, 2.24) is 9.97 Å². The maximum absolute atomic E-state index is 13.6. The number of hydrogen-bond donors (Lipinski definition) is 2. The molecule has 0 radical (unpaired) electrons. The van der Waals surface area contributed by atoms with Crippen LogP contribution < -0.4 is 9.62 Å². The number of aliphatic carboxylic acids is 1. The van der Waals surface area contributed by atoms with Crippen LogP contribution in [-0.4, -0.2) is 34.1 Å². The molecule has 3 heterocycles. The van der Waals surface area contributed by atoms with Crippen molar-refractivity contribution in [3.05, 3.63) is 65.2 Å². The van der Waals surface area contributed by atoms with Gasteiger partial charge in [0.1, 0.15) is 16.7 Å². The molecule has 0 unspecified atom stereocenters. The smallest absolute Gasteiger partial charge is 0.418 e. The number of anilines is 2. The molecule has 1 aliphatic heterocycles. The monoisotopic (exact) mass is 522 g/mol. The molecule has 184 valence electrons. The summed E-state index contributed by atoms with van der Waals surface area (Å²) in [5.41, 5.74) is -1.81. The van der Waals surface area contributed by atoms with Gasteiger partial charge in [0.05, 0.1) is 16.7 Å². The van der Waals surface area contributed by atoms with Gasteiger partial charge in [-0.2, -0.15) is 13.2 Å². The molecule has 3 aromatic rings. The normalized spacial score (nSPS) is 18.4. The van der Waals surface area contributed by atoms with Crippen LogP contribution in [-0.2, 0) is 11.0 Å². The molecule has 0 saturated carbocycles. The first-order valence-electron chi connectivity index (χ1n) is 10.8. The molecule has 11 heteroatoms. The molecule has 2 aromatic heterocycles. The van der Waals surface area contributed by atoms with Crippen molar-refractivity contribution in [3.8, 4) is 11.3 Å². The van der Waals surface area contributed by atoms with Gasteiger partial charge < -0.3 is 14.7 Å². The SMILES string of the molecule is C[C@@]1(C(=O)O)CCCN(c2cccc(SNc3ccc(C(F)(F)F)c(-c4ccccc4Cl)n3)n2)C1. The van der Waals surface area contributed by atoms with Crippen molar-refractivity contribution in [2.45, 2.75) is 31.0 Å². The highest BCUT2D eigenvalue weighted by Crippen LogP contribution is 2.39. The molecule has 4 rings (SSSR count). The summed E-state index contributed by atoms with van der Waals surface area (Å²) in [6.45, 7) is 2.77. The lowest BCUT2D eigenvalue weighted by Crippen LogP contribution is -2.46. The average Bonchev–Trinajstić information content (AvgIpc) is 2.82. The fourth-order valence-electron chi connectivity index (χ4n) is 3.95. The standard InChI is InChI=1S/C24H22ClF3N4O2S/c1-23(22(33)34)12-5-13-32(14-23)19-8-4-9-20(30-19)35-31-18-11-10-16(24(26,27)28)21(29-18)15-6-2-3-7-17(15)25/h2-4,6-11H,5,12-14H2,1H3,(H,29,31)(H,33,34)/t23-/m1/s1. The van der Waals surface area contributed by atoms with Crippen LogP contribution in [0.25, 0.3) is 11.3 Å². The number of hydrogen-bond acceptors (Lipinski definition) is 6. The third-order valence-electron chi connectivity index (χ3n) is 5.84. The van der Waals surface area contributed by atoms with Crippen LogP contribution in [0.2, 0.25) is 5.02 Å². The molecule has 0 aliphatic carbocycles. The Hall–Kier alpha value is -2.98. The third kappa shape index (κ3) is 5.65. The zero-order valence-corrected chi connectivity index (χ0v) is 20.2. The van der Waals surface area contributed by atoms with E-state index in [4.69, 9.17) is 11.6 Å². The van der Waals surface area contributed by atoms with E-state index in [0.717, 1.165) is 24.4 Å². The lowest BCUT2D eigenvalue weighted by molar-refractivity contribution is -0.148. The molecule has 35 heavy (non-hydrogen) atoms. The Balaban J connectivity index is 1.55. The third-order valence-corrected chi connectivity index (χ3v) is 6.91. The Bertz CT molecular complexity index is 1240. The molecule has 1 aliphatic rings. The Morgan fingerprint density at radius 3 is 2.63 bits per heavy atom. The van der Waals surface area contributed by atoms with E-state index in [1.807, 2.05) is 11.0 Å². The van der Waals surface area contributed by atoms with Crippen molar-refractivity contribution >= 4 is 41.2 Å². The molecule has 1 atom stereocenters. The highest BCUT2D eigenvalue weighted by molar-refractivity contribution is 8.00. The predicted molar refractivity (Wildman–Crippen MR) is 131 cm³/mol. The van der Waals surface area contributed by atoms with Gasteiger partial charge in [-0.05, 0) is 50.1 Å². The van der Waals surface area contributed by atoms with Crippen molar-refractivity contribution < 1.29 is 23.1 Å². The summed E-state index contributed by atoms with van der Waals surface area (Å²) < 4.78 is 43.8. The summed E-state index contributed by atoms with van der Waals surface area (Å²) in [5.74, 6) is 0.0137. The van der Waals surface area contributed by atoms with Crippen LogP contribution in [0.3, 0.4) is 0 Å². The minimum Gasteiger partial charge on any atom is -0.481 e. The molecule has 1 saturated heterocycles. The number of piperidine rings is 1. The minimum absolute atomic E-state index is 0.166. The maximum atomic E-state index is 13.6. The number of nitrogens with zero attached hydrogens (tertiary/aromatic N) is 3. The highest BCUT2D eigenvalue weighted by Gasteiger charge is 2.38. The van der Waals surface area contributed by atoms with Gasteiger partial charge in [-0.15, -0.1) is 0 Å². The molecule has 0 bridgehead atoms. The Labute approximate surface area is 209 Å². The number of pyridine rings is 2. The second kappa shape index (κ2) is 9.94. The first-order valence-corrected chi connectivity index (χ1v) is 12.0.